The van der Waals surface area contributed by atoms with Gasteiger partial charge in [-0.2, -0.15) is 18.4 Å². The number of amides is 1. The Morgan fingerprint density at radius 2 is 1.77 bits per heavy atom. The van der Waals surface area contributed by atoms with Crippen molar-refractivity contribution in [3.05, 3.63) is 81.6 Å². The third-order valence-corrected chi connectivity index (χ3v) is 6.48. The molecule has 2 aliphatic heterocycles. The predicted molar refractivity (Wildman–Crippen MR) is 101 cm³/mol. The van der Waals surface area contributed by atoms with Gasteiger partial charge < -0.3 is 5.11 Å². The number of fused-ring (bicyclic) bond motifs is 1. The quantitative estimate of drug-likeness (QED) is 0.708. The van der Waals surface area contributed by atoms with Crippen molar-refractivity contribution in [2.45, 2.75) is 24.2 Å². The van der Waals surface area contributed by atoms with E-state index in [1.807, 2.05) is 0 Å². The van der Waals surface area contributed by atoms with Crippen LogP contribution in [0.3, 0.4) is 0 Å². The Hall–Kier alpha value is -2.83. The molecule has 0 saturated carbocycles. The van der Waals surface area contributed by atoms with E-state index in [1.165, 1.54) is 36.4 Å². The lowest BCUT2D eigenvalue weighted by atomic mass is 9.85. The van der Waals surface area contributed by atoms with E-state index in [1.54, 1.807) is 0 Å². The highest BCUT2D eigenvalue weighted by Crippen LogP contribution is 2.51. The summed E-state index contributed by atoms with van der Waals surface area (Å²) in [4.78, 5) is 14.1. The van der Waals surface area contributed by atoms with Crippen LogP contribution in [0, 0.1) is 17.1 Å². The van der Waals surface area contributed by atoms with Crippen LogP contribution < -0.4 is 0 Å². The molecule has 2 aliphatic rings. The lowest BCUT2D eigenvalue weighted by Crippen LogP contribution is -2.48. The average molecular weight is 434 g/mol. The zero-order valence-electron chi connectivity index (χ0n) is 15.3. The molecule has 1 saturated heterocycles. The minimum Gasteiger partial charge on any atom is -0.366 e. The number of thioether (sulfide) groups is 1. The number of nitrogens with zero attached hydrogens (tertiary/aromatic N) is 2. The van der Waals surface area contributed by atoms with Crippen LogP contribution in [0.1, 0.15) is 29.0 Å². The number of benzene rings is 2. The molecule has 30 heavy (non-hydrogen) atoms. The molecule has 2 heterocycles. The number of hydrogen-bond donors (Lipinski definition) is 1. The summed E-state index contributed by atoms with van der Waals surface area (Å²) in [5.41, 5.74) is -1.62. The van der Waals surface area contributed by atoms with Crippen molar-refractivity contribution >= 4 is 17.7 Å². The lowest BCUT2D eigenvalue weighted by Gasteiger charge is -2.38. The number of rotatable bonds is 2. The van der Waals surface area contributed by atoms with Gasteiger partial charge in [-0.3, -0.25) is 9.69 Å². The molecule has 2 aromatic rings. The second-order valence-corrected chi connectivity index (χ2v) is 8.01. The summed E-state index contributed by atoms with van der Waals surface area (Å²) in [6.45, 7) is 0. The Balaban J connectivity index is 1.74. The molecule has 9 heteroatoms. The molecular weight excluding hydrogens is 420 g/mol. The fourth-order valence-electron chi connectivity index (χ4n) is 3.74. The zero-order chi connectivity index (χ0) is 21.7. The zero-order valence-corrected chi connectivity index (χ0v) is 16.1. The topological polar surface area (TPSA) is 64.3 Å². The van der Waals surface area contributed by atoms with Crippen molar-refractivity contribution < 1.29 is 27.5 Å². The van der Waals surface area contributed by atoms with Gasteiger partial charge in [0.25, 0.3) is 0 Å². The van der Waals surface area contributed by atoms with Crippen LogP contribution in [0.25, 0.3) is 0 Å². The van der Waals surface area contributed by atoms with Gasteiger partial charge in [0, 0.05) is 17.9 Å². The molecule has 2 aromatic carbocycles. The first-order valence-electron chi connectivity index (χ1n) is 8.91. The van der Waals surface area contributed by atoms with Crippen LogP contribution >= 0.6 is 11.8 Å². The minimum absolute atomic E-state index is 0.0462. The van der Waals surface area contributed by atoms with Crippen molar-refractivity contribution in [2.24, 2.45) is 0 Å². The Kier molecular flexibility index (Phi) is 4.87. The molecule has 1 fully saturated rings. The van der Waals surface area contributed by atoms with Crippen molar-refractivity contribution in [1.29, 1.82) is 5.26 Å². The number of hydrogen-bond acceptors (Lipinski definition) is 4. The summed E-state index contributed by atoms with van der Waals surface area (Å²) in [6, 6.07) is 11.5. The van der Waals surface area contributed by atoms with Gasteiger partial charge in [0.05, 0.1) is 28.0 Å². The number of allylic oxidation sites excluding steroid dienone is 1. The first-order chi connectivity index (χ1) is 14.1. The maximum absolute atomic E-state index is 13.3. The van der Waals surface area contributed by atoms with Crippen LogP contribution in [-0.4, -0.2) is 21.7 Å². The molecule has 0 radical (unpaired) electrons. The summed E-state index contributed by atoms with van der Waals surface area (Å²) in [5, 5.41) is 21.2. The van der Waals surface area contributed by atoms with E-state index in [2.05, 4.69) is 6.07 Å². The summed E-state index contributed by atoms with van der Waals surface area (Å²) in [6.07, 6.45) is -4.66. The molecule has 0 aromatic heterocycles. The van der Waals surface area contributed by atoms with Gasteiger partial charge in [-0.15, -0.1) is 11.8 Å². The van der Waals surface area contributed by atoms with Crippen molar-refractivity contribution in [3.8, 4) is 6.07 Å². The number of halogens is 4. The van der Waals surface area contributed by atoms with E-state index in [4.69, 9.17) is 0 Å². The highest BCUT2D eigenvalue weighted by molar-refractivity contribution is 8.03. The molecule has 0 bridgehead atoms. The standard InChI is InChI=1S/C21H14F4N2O2S/c22-15-7-5-13(6-8-15)20(29)11-30-19-17(10-26)16(9-18(28)27(19)20)12-1-3-14(4-2-12)21(23,24)25/h1-8,16,29H,9,11H2/t16-,20+/m1/s1. The van der Waals surface area contributed by atoms with Crippen LogP contribution in [0.4, 0.5) is 17.6 Å². The minimum atomic E-state index is -4.48. The van der Waals surface area contributed by atoms with Crippen LogP contribution in [0.15, 0.2) is 59.1 Å². The van der Waals surface area contributed by atoms with E-state index in [9.17, 15) is 32.7 Å². The Labute approximate surface area is 173 Å². The van der Waals surface area contributed by atoms with Gasteiger partial charge in [0.15, 0.2) is 5.72 Å². The SMILES string of the molecule is N#CC1=C2SC[C@](O)(c3ccc(F)cc3)N2C(=O)C[C@@H]1c1ccc(C(F)(F)F)cc1. The molecule has 154 valence electrons. The predicted octanol–water partition coefficient (Wildman–Crippen LogP) is 4.49. The molecule has 1 N–H and O–H groups in total. The van der Waals surface area contributed by atoms with Crippen molar-refractivity contribution in [1.82, 2.24) is 4.90 Å². The normalized spacial score (nSPS) is 24.1. The molecule has 1 amide bonds. The van der Waals surface area contributed by atoms with Crippen molar-refractivity contribution in [2.75, 3.05) is 5.75 Å². The molecule has 0 spiro atoms. The molecule has 4 nitrogen and oxygen atoms in total. The molecule has 4 rings (SSSR count). The van der Waals surface area contributed by atoms with Crippen LogP contribution in [0.5, 0.6) is 0 Å². The van der Waals surface area contributed by atoms with E-state index in [-0.39, 0.29) is 22.8 Å². The fourth-order valence-corrected chi connectivity index (χ4v) is 5.10. The Morgan fingerprint density at radius 1 is 1.13 bits per heavy atom. The third kappa shape index (κ3) is 3.26. The van der Waals surface area contributed by atoms with Gasteiger partial charge in [0.1, 0.15) is 5.82 Å². The van der Waals surface area contributed by atoms with Gasteiger partial charge in [-0.05, 0) is 29.8 Å². The fraction of sp³-hybridized carbons (Fsp3) is 0.238. The van der Waals surface area contributed by atoms with Crippen LogP contribution in [0.2, 0.25) is 0 Å². The first kappa shape index (κ1) is 20.4. The first-order valence-corrected chi connectivity index (χ1v) is 9.89. The number of nitriles is 1. The monoisotopic (exact) mass is 434 g/mol. The van der Waals surface area contributed by atoms with Gasteiger partial charge in [-0.1, -0.05) is 24.3 Å². The smallest absolute Gasteiger partial charge is 0.366 e. The van der Waals surface area contributed by atoms with Crippen LogP contribution in [-0.2, 0) is 16.7 Å². The molecular formula is C21H14F4N2O2S. The number of carbonyl (C=O) groups is 1. The second-order valence-electron chi connectivity index (χ2n) is 7.05. The van der Waals surface area contributed by atoms with Crippen molar-refractivity contribution in [3.63, 3.8) is 0 Å². The second kappa shape index (κ2) is 7.15. The van der Waals surface area contributed by atoms with E-state index in [0.717, 1.165) is 28.8 Å². The van der Waals surface area contributed by atoms with Gasteiger partial charge >= 0.3 is 6.18 Å². The highest BCUT2D eigenvalue weighted by Gasteiger charge is 2.51. The van der Waals surface area contributed by atoms with Gasteiger partial charge in [0.2, 0.25) is 5.91 Å². The lowest BCUT2D eigenvalue weighted by molar-refractivity contribution is -0.149. The Morgan fingerprint density at radius 3 is 2.33 bits per heavy atom. The summed E-state index contributed by atoms with van der Waals surface area (Å²) >= 11 is 1.11. The molecule has 0 aliphatic carbocycles. The third-order valence-electron chi connectivity index (χ3n) is 5.26. The van der Waals surface area contributed by atoms with E-state index >= 15 is 0 Å². The van der Waals surface area contributed by atoms with E-state index in [0.29, 0.717) is 11.1 Å². The summed E-state index contributed by atoms with van der Waals surface area (Å²) in [5.74, 6) is -1.62. The van der Waals surface area contributed by atoms with E-state index < -0.39 is 35.1 Å². The Bertz CT molecular complexity index is 1070. The molecule has 0 unspecified atom stereocenters. The number of alkyl halides is 3. The number of aliphatic hydroxyl groups is 1. The largest absolute Gasteiger partial charge is 0.416 e. The number of carbonyl (C=O) groups excluding carboxylic acids is 1. The maximum Gasteiger partial charge on any atom is 0.416 e. The summed E-state index contributed by atoms with van der Waals surface area (Å²) < 4.78 is 51.8. The molecule has 2 atom stereocenters. The summed E-state index contributed by atoms with van der Waals surface area (Å²) in [7, 11) is 0. The average Bonchev–Trinajstić information content (AvgIpc) is 3.07. The maximum atomic E-state index is 13.3. The highest BCUT2D eigenvalue weighted by atomic mass is 32.2. The van der Waals surface area contributed by atoms with Gasteiger partial charge in [-0.25, -0.2) is 4.39 Å².